The van der Waals surface area contributed by atoms with Gasteiger partial charge in [-0.2, -0.15) is 0 Å². The van der Waals surface area contributed by atoms with Crippen LogP contribution >= 0.6 is 11.6 Å². The molecule has 0 aliphatic rings. The number of carbonyl (C=O) groups excluding carboxylic acids is 1. The SMILES string of the molecule is CCCOc1cccc(C(Cl)C(=O)NC(C)(C)C)c1. The first-order valence-corrected chi connectivity index (χ1v) is 6.96. The van der Waals surface area contributed by atoms with E-state index in [0.29, 0.717) is 6.61 Å². The molecule has 1 aromatic rings. The van der Waals surface area contributed by atoms with Crippen molar-refractivity contribution in [1.29, 1.82) is 0 Å². The van der Waals surface area contributed by atoms with Crippen molar-refractivity contribution in [1.82, 2.24) is 5.32 Å². The quantitative estimate of drug-likeness (QED) is 0.838. The second kappa shape index (κ2) is 6.80. The number of benzene rings is 1. The predicted molar refractivity (Wildman–Crippen MR) is 78.7 cm³/mol. The number of carbonyl (C=O) groups is 1. The summed E-state index contributed by atoms with van der Waals surface area (Å²) in [6, 6.07) is 7.36. The van der Waals surface area contributed by atoms with Crippen LogP contribution in [0.25, 0.3) is 0 Å². The average Bonchev–Trinajstić information content (AvgIpc) is 2.33. The molecule has 1 amide bonds. The van der Waals surface area contributed by atoms with Gasteiger partial charge in [0.2, 0.25) is 5.91 Å². The number of alkyl halides is 1. The molecule has 0 aromatic heterocycles. The maximum atomic E-state index is 12.0. The summed E-state index contributed by atoms with van der Waals surface area (Å²) in [5.41, 5.74) is 0.456. The maximum Gasteiger partial charge on any atom is 0.243 e. The van der Waals surface area contributed by atoms with Crippen molar-refractivity contribution in [2.75, 3.05) is 6.61 Å². The Balaban J connectivity index is 2.76. The Morgan fingerprint density at radius 3 is 2.68 bits per heavy atom. The van der Waals surface area contributed by atoms with Crippen LogP contribution in [0.2, 0.25) is 0 Å². The van der Waals surface area contributed by atoms with Crippen LogP contribution in [0, 0.1) is 0 Å². The number of hydrogen-bond acceptors (Lipinski definition) is 2. The molecule has 0 saturated heterocycles. The Morgan fingerprint density at radius 1 is 1.42 bits per heavy atom. The van der Waals surface area contributed by atoms with Gasteiger partial charge in [-0.3, -0.25) is 4.79 Å². The highest BCUT2D eigenvalue weighted by Gasteiger charge is 2.22. The molecule has 0 aliphatic carbocycles. The van der Waals surface area contributed by atoms with E-state index in [0.717, 1.165) is 17.7 Å². The third-order valence-corrected chi connectivity index (χ3v) is 2.80. The molecule has 1 aromatic carbocycles. The van der Waals surface area contributed by atoms with E-state index < -0.39 is 5.38 Å². The predicted octanol–water partition coefficient (Wildman–Crippen LogP) is 3.67. The van der Waals surface area contributed by atoms with Crippen LogP contribution in [0.1, 0.15) is 45.1 Å². The van der Waals surface area contributed by atoms with Crippen LogP contribution < -0.4 is 10.1 Å². The monoisotopic (exact) mass is 283 g/mol. The van der Waals surface area contributed by atoms with Crippen molar-refractivity contribution < 1.29 is 9.53 Å². The van der Waals surface area contributed by atoms with Crippen LogP contribution in [0.15, 0.2) is 24.3 Å². The van der Waals surface area contributed by atoms with E-state index in [9.17, 15) is 4.79 Å². The van der Waals surface area contributed by atoms with Gasteiger partial charge in [-0.25, -0.2) is 0 Å². The molecule has 0 saturated carbocycles. The van der Waals surface area contributed by atoms with Gasteiger partial charge < -0.3 is 10.1 Å². The molecule has 1 atom stereocenters. The van der Waals surface area contributed by atoms with Gasteiger partial charge in [-0.15, -0.1) is 11.6 Å². The first-order chi connectivity index (χ1) is 8.83. The minimum atomic E-state index is -0.704. The average molecular weight is 284 g/mol. The van der Waals surface area contributed by atoms with Gasteiger partial charge in [0, 0.05) is 5.54 Å². The second-order valence-corrected chi connectivity index (χ2v) is 5.96. The van der Waals surface area contributed by atoms with Crippen LogP contribution in [-0.2, 0) is 4.79 Å². The number of amides is 1. The molecule has 0 fully saturated rings. The normalized spacial score (nSPS) is 12.9. The van der Waals surface area contributed by atoms with E-state index in [1.54, 1.807) is 0 Å². The van der Waals surface area contributed by atoms with Gasteiger partial charge in [-0.1, -0.05) is 19.1 Å². The Morgan fingerprint density at radius 2 is 2.11 bits per heavy atom. The molecular formula is C15H22ClNO2. The Kier molecular flexibility index (Phi) is 5.67. The molecule has 19 heavy (non-hydrogen) atoms. The highest BCUT2D eigenvalue weighted by Crippen LogP contribution is 2.25. The molecule has 3 nitrogen and oxygen atoms in total. The lowest BCUT2D eigenvalue weighted by Gasteiger charge is -2.22. The number of nitrogens with one attached hydrogen (secondary N) is 1. The fourth-order valence-corrected chi connectivity index (χ4v) is 1.76. The highest BCUT2D eigenvalue weighted by molar-refractivity contribution is 6.30. The fourth-order valence-electron chi connectivity index (χ4n) is 1.57. The lowest BCUT2D eigenvalue weighted by Crippen LogP contribution is -2.42. The molecule has 1 rings (SSSR count). The van der Waals surface area contributed by atoms with Gasteiger partial charge in [-0.05, 0) is 44.9 Å². The minimum Gasteiger partial charge on any atom is -0.494 e. The molecule has 0 radical (unpaired) electrons. The summed E-state index contributed by atoms with van der Waals surface area (Å²) in [5, 5.41) is 2.16. The van der Waals surface area contributed by atoms with Crippen LogP contribution in [0.5, 0.6) is 5.75 Å². The number of rotatable bonds is 5. The van der Waals surface area contributed by atoms with Gasteiger partial charge in [0.1, 0.15) is 11.1 Å². The van der Waals surface area contributed by atoms with Crippen molar-refractivity contribution in [3.8, 4) is 5.75 Å². The largest absolute Gasteiger partial charge is 0.494 e. The summed E-state index contributed by atoms with van der Waals surface area (Å²) >= 11 is 6.20. The Bertz CT molecular complexity index is 426. The fraction of sp³-hybridized carbons (Fsp3) is 0.533. The van der Waals surface area contributed by atoms with E-state index >= 15 is 0 Å². The molecule has 1 N–H and O–H groups in total. The molecule has 0 bridgehead atoms. The van der Waals surface area contributed by atoms with E-state index in [2.05, 4.69) is 5.32 Å². The summed E-state index contributed by atoms with van der Waals surface area (Å²) < 4.78 is 5.54. The Hall–Kier alpha value is -1.22. The topological polar surface area (TPSA) is 38.3 Å². The smallest absolute Gasteiger partial charge is 0.243 e. The lowest BCUT2D eigenvalue weighted by atomic mass is 10.1. The van der Waals surface area contributed by atoms with Crippen LogP contribution in [0.4, 0.5) is 0 Å². The third-order valence-electron chi connectivity index (χ3n) is 2.35. The number of ether oxygens (including phenoxy) is 1. The van der Waals surface area contributed by atoms with Crippen molar-refractivity contribution in [3.63, 3.8) is 0 Å². The summed E-state index contributed by atoms with van der Waals surface area (Å²) in [6.45, 7) is 8.48. The Labute approximate surface area is 120 Å². The van der Waals surface area contributed by atoms with Crippen molar-refractivity contribution in [3.05, 3.63) is 29.8 Å². The van der Waals surface area contributed by atoms with E-state index in [1.807, 2.05) is 52.0 Å². The van der Waals surface area contributed by atoms with Crippen molar-refractivity contribution in [2.45, 2.75) is 45.0 Å². The van der Waals surface area contributed by atoms with Crippen LogP contribution in [-0.4, -0.2) is 18.1 Å². The first-order valence-electron chi connectivity index (χ1n) is 6.52. The summed E-state index contributed by atoms with van der Waals surface area (Å²) in [5.74, 6) is 0.551. The van der Waals surface area contributed by atoms with E-state index in [1.165, 1.54) is 0 Å². The molecule has 4 heteroatoms. The van der Waals surface area contributed by atoms with Crippen molar-refractivity contribution >= 4 is 17.5 Å². The first kappa shape index (κ1) is 15.8. The second-order valence-electron chi connectivity index (χ2n) is 5.52. The van der Waals surface area contributed by atoms with E-state index in [-0.39, 0.29) is 11.4 Å². The standard InChI is InChI=1S/C15H22ClNO2/c1-5-9-19-12-8-6-7-11(10-12)13(16)14(18)17-15(2,3)4/h6-8,10,13H,5,9H2,1-4H3,(H,17,18). The molecule has 1 unspecified atom stereocenters. The van der Waals surface area contributed by atoms with Crippen LogP contribution in [0.3, 0.4) is 0 Å². The zero-order chi connectivity index (χ0) is 14.5. The number of halogens is 1. The minimum absolute atomic E-state index is 0.193. The maximum absolute atomic E-state index is 12.0. The molecule has 0 spiro atoms. The zero-order valence-corrected chi connectivity index (χ0v) is 12.8. The lowest BCUT2D eigenvalue weighted by molar-refractivity contribution is -0.122. The molecular weight excluding hydrogens is 262 g/mol. The summed E-state index contributed by atoms with van der Waals surface area (Å²) in [4.78, 5) is 12.0. The zero-order valence-electron chi connectivity index (χ0n) is 12.0. The van der Waals surface area contributed by atoms with Gasteiger partial charge in [0.25, 0.3) is 0 Å². The van der Waals surface area contributed by atoms with Gasteiger partial charge >= 0.3 is 0 Å². The summed E-state index contributed by atoms with van der Waals surface area (Å²) in [7, 11) is 0. The molecule has 0 heterocycles. The highest BCUT2D eigenvalue weighted by atomic mass is 35.5. The summed E-state index contributed by atoms with van der Waals surface area (Å²) in [6.07, 6.45) is 0.943. The van der Waals surface area contributed by atoms with Gasteiger partial charge in [0.05, 0.1) is 6.61 Å². The van der Waals surface area contributed by atoms with Crippen molar-refractivity contribution in [2.24, 2.45) is 0 Å². The third kappa shape index (κ3) is 5.52. The molecule has 106 valence electrons. The van der Waals surface area contributed by atoms with E-state index in [4.69, 9.17) is 16.3 Å². The number of hydrogen-bond donors (Lipinski definition) is 1. The molecule has 0 aliphatic heterocycles. The van der Waals surface area contributed by atoms with Gasteiger partial charge in [0.15, 0.2) is 0 Å².